The third kappa shape index (κ3) is 3.99. The number of carbonyl (C=O) groups is 1. The minimum absolute atomic E-state index is 0.0316. The molecule has 1 N–H and O–H groups in total. The Kier molecular flexibility index (Phi) is 5.52. The van der Waals surface area contributed by atoms with Crippen LogP contribution in [0.5, 0.6) is 5.88 Å². The molecule has 1 amide bonds. The summed E-state index contributed by atoms with van der Waals surface area (Å²) in [5.74, 6) is 1.36. The second kappa shape index (κ2) is 8.22. The zero-order valence-electron chi connectivity index (χ0n) is 15.9. The zero-order chi connectivity index (χ0) is 19.5. The SMILES string of the molecule is Cn1cc(-c2c[n+]3[nH]ccc3c(O[C@@H]3CCCN(C(=O)CCS)CC3)n2)cn1. The van der Waals surface area contributed by atoms with E-state index in [1.807, 2.05) is 41.1 Å². The number of amides is 1. The summed E-state index contributed by atoms with van der Waals surface area (Å²) in [4.78, 5) is 18.9. The number of aryl methyl sites for hydroxylation is 1. The molecule has 0 saturated carbocycles. The van der Waals surface area contributed by atoms with Gasteiger partial charge in [-0.3, -0.25) is 9.48 Å². The van der Waals surface area contributed by atoms with E-state index in [0.29, 0.717) is 24.6 Å². The first-order valence-electron chi connectivity index (χ1n) is 9.58. The van der Waals surface area contributed by atoms with Crippen LogP contribution in [0.4, 0.5) is 0 Å². The van der Waals surface area contributed by atoms with Crippen molar-refractivity contribution < 1.29 is 14.0 Å². The van der Waals surface area contributed by atoms with Crippen molar-refractivity contribution in [1.82, 2.24) is 24.8 Å². The lowest BCUT2D eigenvalue weighted by atomic mass is 10.1. The fourth-order valence-corrected chi connectivity index (χ4v) is 3.76. The maximum atomic E-state index is 12.2. The summed E-state index contributed by atoms with van der Waals surface area (Å²) in [5, 5.41) is 7.40. The predicted octanol–water partition coefficient (Wildman–Crippen LogP) is 1.63. The van der Waals surface area contributed by atoms with Crippen LogP contribution in [-0.2, 0) is 11.8 Å². The Morgan fingerprint density at radius 2 is 2.32 bits per heavy atom. The van der Waals surface area contributed by atoms with Gasteiger partial charge in [0, 0.05) is 50.8 Å². The molecule has 0 radical (unpaired) electrons. The van der Waals surface area contributed by atoms with Crippen LogP contribution in [0, 0.1) is 0 Å². The smallest absolute Gasteiger partial charge is 0.298 e. The molecule has 148 valence electrons. The fraction of sp³-hybridized carbons (Fsp3) is 0.474. The molecule has 0 spiro atoms. The summed E-state index contributed by atoms with van der Waals surface area (Å²) >= 11 is 4.17. The van der Waals surface area contributed by atoms with E-state index in [4.69, 9.17) is 9.72 Å². The van der Waals surface area contributed by atoms with Gasteiger partial charge in [-0.15, -0.1) is 0 Å². The van der Waals surface area contributed by atoms with E-state index in [-0.39, 0.29) is 12.0 Å². The van der Waals surface area contributed by atoms with Gasteiger partial charge in [-0.1, -0.05) is 4.52 Å². The monoisotopic (exact) mass is 401 g/mol. The number of hydrogen-bond acceptors (Lipinski definition) is 5. The molecule has 8 nitrogen and oxygen atoms in total. The molecule has 1 aliphatic heterocycles. The van der Waals surface area contributed by atoms with Gasteiger partial charge in [0.2, 0.25) is 12.1 Å². The summed E-state index contributed by atoms with van der Waals surface area (Å²) in [6.45, 7) is 1.49. The van der Waals surface area contributed by atoms with E-state index in [1.165, 1.54) is 0 Å². The van der Waals surface area contributed by atoms with E-state index in [0.717, 1.165) is 42.6 Å². The van der Waals surface area contributed by atoms with Gasteiger partial charge in [-0.05, 0) is 18.6 Å². The molecule has 1 fully saturated rings. The number of likely N-dealkylation sites (tertiary alicyclic amines) is 1. The fourth-order valence-electron chi connectivity index (χ4n) is 3.57. The van der Waals surface area contributed by atoms with Crippen molar-refractivity contribution in [3.63, 3.8) is 0 Å². The topological polar surface area (TPSA) is 80.1 Å². The number of aromatic nitrogens is 5. The second-order valence-electron chi connectivity index (χ2n) is 7.08. The average molecular weight is 402 g/mol. The predicted molar refractivity (Wildman–Crippen MR) is 107 cm³/mol. The van der Waals surface area contributed by atoms with Gasteiger partial charge in [0.15, 0.2) is 0 Å². The van der Waals surface area contributed by atoms with Crippen molar-refractivity contribution >= 4 is 24.1 Å². The molecular weight excluding hydrogens is 376 g/mol. The number of fused-ring (bicyclic) bond motifs is 1. The number of nitrogens with one attached hydrogen (secondary N) is 1. The summed E-state index contributed by atoms with van der Waals surface area (Å²) in [7, 11) is 1.88. The van der Waals surface area contributed by atoms with Gasteiger partial charge in [0.05, 0.1) is 12.4 Å². The van der Waals surface area contributed by atoms with Gasteiger partial charge < -0.3 is 9.64 Å². The molecular formula is C19H25N6O2S+. The van der Waals surface area contributed by atoms with E-state index in [1.54, 1.807) is 10.9 Å². The highest BCUT2D eigenvalue weighted by atomic mass is 32.1. The van der Waals surface area contributed by atoms with Crippen LogP contribution in [0.3, 0.4) is 0 Å². The molecule has 0 aromatic carbocycles. The number of thiol groups is 1. The van der Waals surface area contributed by atoms with Gasteiger partial charge in [-0.2, -0.15) is 22.8 Å². The molecule has 9 heteroatoms. The Bertz CT molecular complexity index is 968. The Morgan fingerprint density at radius 3 is 3.11 bits per heavy atom. The van der Waals surface area contributed by atoms with Crippen molar-refractivity contribution in [2.75, 3.05) is 18.8 Å². The Morgan fingerprint density at radius 1 is 1.43 bits per heavy atom. The average Bonchev–Trinajstić information content (AvgIpc) is 3.26. The summed E-state index contributed by atoms with van der Waals surface area (Å²) in [6.07, 6.45) is 10.7. The van der Waals surface area contributed by atoms with Gasteiger partial charge >= 0.3 is 0 Å². The van der Waals surface area contributed by atoms with Crippen molar-refractivity contribution in [3.8, 4) is 17.1 Å². The van der Waals surface area contributed by atoms with Crippen LogP contribution >= 0.6 is 12.6 Å². The third-order valence-electron chi connectivity index (χ3n) is 5.04. The van der Waals surface area contributed by atoms with Crippen molar-refractivity contribution in [2.45, 2.75) is 31.8 Å². The van der Waals surface area contributed by atoms with Crippen LogP contribution in [0.15, 0.2) is 30.9 Å². The summed E-state index contributed by atoms with van der Waals surface area (Å²) < 4.78 is 9.99. The van der Waals surface area contributed by atoms with Crippen LogP contribution in [0.25, 0.3) is 16.8 Å². The van der Waals surface area contributed by atoms with Crippen LogP contribution < -0.4 is 9.25 Å². The van der Waals surface area contributed by atoms with Crippen molar-refractivity contribution in [2.24, 2.45) is 7.05 Å². The number of carbonyl (C=O) groups excluding carboxylic acids is 1. The molecule has 28 heavy (non-hydrogen) atoms. The maximum Gasteiger partial charge on any atom is 0.298 e. The lowest BCUT2D eigenvalue weighted by molar-refractivity contribution is -0.576. The Balaban J connectivity index is 1.54. The molecule has 3 aromatic rings. The molecule has 0 aliphatic carbocycles. The number of rotatable bonds is 5. The Labute approximate surface area is 168 Å². The van der Waals surface area contributed by atoms with E-state index >= 15 is 0 Å². The number of hydrogen-bond donors (Lipinski definition) is 2. The van der Waals surface area contributed by atoms with E-state index in [9.17, 15) is 4.79 Å². The summed E-state index contributed by atoms with van der Waals surface area (Å²) in [6, 6.07) is 1.95. The molecule has 1 saturated heterocycles. The minimum atomic E-state index is 0.0316. The van der Waals surface area contributed by atoms with Crippen LogP contribution in [-0.4, -0.2) is 55.6 Å². The quantitative estimate of drug-likeness (QED) is 0.503. The lowest BCUT2D eigenvalue weighted by Crippen LogP contribution is -2.32. The van der Waals surface area contributed by atoms with E-state index in [2.05, 4.69) is 22.8 Å². The number of ether oxygens (including phenoxy) is 1. The first-order valence-corrected chi connectivity index (χ1v) is 10.2. The molecule has 1 atom stereocenters. The standard InChI is InChI=1S/C19H24N6O2S/c1-23-12-14(11-21-23)16-13-25-17(4-7-20-25)19(22-16)27-15-3-2-8-24(9-5-15)18(26)6-10-28/h4,7,11-13,15,28H,2-3,5-6,8-10H2,1H3/p+1/t15-/m1/s1. The van der Waals surface area contributed by atoms with Crippen molar-refractivity contribution in [1.29, 1.82) is 0 Å². The first kappa shape index (κ1) is 18.8. The highest BCUT2D eigenvalue weighted by molar-refractivity contribution is 7.80. The highest BCUT2D eigenvalue weighted by Crippen LogP contribution is 2.24. The van der Waals surface area contributed by atoms with Gasteiger partial charge in [0.1, 0.15) is 11.8 Å². The van der Waals surface area contributed by atoms with Crippen LogP contribution in [0.2, 0.25) is 0 Å². The van der Waals surface area contributed by atoms with E-state index < -0.39 is 0 Å². The third-order valence-corrected chi connectivity index (χ3v) is 5.26. The molecule has 4 heterocycles. The lowest BCUT2D eigenvalue weighted by Gasteiger charge is -2.20. The first-order chi connectivity index (χ1) is 13.6. The number of H-pyrrole nitrogens is 1. The normalized spacial score (nSPS) is 17.6. The maximum absolute atomic E-state index is 12.2. The Hall–Kier alpha value is -2.55. The van der Waals surface area contributed by atoms with Gasteiger partial charge in [0.25, 0.3) is 11.4 Å². The number of aromatic amines is 1. The van der Waals surface area contributed by atoms with Gasteiger partial charge in [-0.25, -0.2) is 4.98 Å². The molecule has 4 rings (SSSR count). The highest BCUT2D eigenvalue weighted by Gasteiger charge is 2.25. The number of nitrogens with zero attached hydrogens (tertiary/aromatic N) is 5. The van der Waals surface area contributed by atoms with Crippen molar-refractivity contribution in [3.05, 3.63) is 30.9 Å². The largest absolute Gasteiger partial charge is 0.469 e. The molecule has 0 bridgehead atoms. The minimum Gasteiger partial charge on any atom is -0.469 e. The van der Waals surface area contributed by atoms with Crippen LogP contribution in [0.1, 0.15) is 25.7 Å². The molecule has 0 unspecified atom stereocenters. The molecule has 3 aromatic heterocycles. The zero-order valence-corrected chi connectivity index (χ0v) is 16.8. The summed E-state index contributed by atoms with van der Waals surface area (Å²) in [5.41, 5.74) is 2.61. The molecule has 1 aliphatic rings. The second-order valence-corrected chi connectivity index (χ2v) is 7.52.